The summed E-state index contributed by atoms with van der Waals surface area (Å²) >= 11 is 0. The second kappa shape index (κ2) is 3.62. The van der Waals surface area contributed by atoms with E-state index in [1.54, 1.807) is 17.0 Å². The summed E-state index contributed by atoms with van der Waals surface area (Å²) in [7, 11) is 0. The first-order chi connectivity index (χ1) is 9.52. The largest absolute Gasteiger partial charge is 0.354 e. The minimum Gasteiger partial charge on any atom is -0.354 e. The van der Waals surface area contributed by atoms with E-state index in [9.17, 15) is 13.2 Å². The summed E-state index contributed by atoms with van der Waals surface area (Å²) in [5, 5.41) is 0.574. The van der Waals surface area contributed by atoms with E-state index in [-0.39, 0.29) is 25.0 Å². The van der Waals surface area contributed by atoms with Crippen molar-refractivity contribution in [2.75, 3.05) is 18.0 Å². The van der Waals surface area contributed by atoms with Crippen LogP contribution in [0.5, 0.6) is 0 Å². The molecule has 6 heteroatoms. The minimum absolute atomic E-state index is 0.0278. The van der Waals surface area contributed by atoms with Crippen molar-refractivity contribution in [3.05, 3.63) is 30.3 Å². The van der Waals surface area contributed by atoms with Crippen LogP contribution >= 0.6 is 0 Å². The molecule has 1 aliphatic heterocycles. The minimum atomic E-state index is -2.57. The third kappa shape index (κ3) is 1.36. The third-order valence-electron chi connectivity index (χ3n) is 4.57. The first kappa shape index (κ1) is 11.9. The van der Waals surface area contributed by atoms with E-state index in [0.717, 1.165) is 0 Å². The summed E-state index contributed by atoms with van der Waals surface area (Å²) in [6.07, 6.45) is 1.80. The second-order valence-corrected chi connectivity index (χ2v) is 5.67. The number of para-hydroxylation sites is 1. The van der Waals surface area contributed by atoms with Crippen LogP contribution in [0.25, 0.3) is 10.9 Å². The maximum Gasteiger partial charge on any atom is 0.257 e. The Morgan fingerprint density at radius 3 is 2.55 bits per heavy atom. The highest BCUT2D eigenvalue weighted by Gasteiger charge is 2.67. The number of nitrogens with zero attached hydrogens (tertiary/aromatic N) is 3. The van der Waals surface area contributed by atoms with E-state index in [1.165, 1.54) is 12.4 Å². The highest BCUT2D eigenvalue weighted by atomic mass is 19.3. The zero-order valence-corrected chi connectivity index (χ0v) is 10.6. The SMILES string of the molecule is Fc1cccc2c(N3CC4(CCC4(F)F)C3)ncnc12. The molecule has 4 rings (SSSR count). The molecular formula is C14H12F3N3. The highest BCUT2D eigenvalue weighted by molar-refractivity contribution is 5.90. The lowest BCUT2D eigenvalue weighted by atomic mass is 9.60. The van der Waals surface area contributed by atoms with Crippen molar-refractivity contribution in [1.29, 1.82) is 0 Å². The van der Waals surface area contributed by atoms with Crippen molar-refractivity contribution in [1.82, 2.24) is 9.97 Å². The van der Waals surface area contributed by atoms with Crippen LogP contribution in [-0.4, -0.2) is 29.0 Å². The molecule has 3 nitrogen and oxygen atoms in total. The van der Waals surface area contributed by atoms with E-state index in [4.69, 9.17) is 0 Å². The van der Waals surface area contributed by atoms with Crippen LogP contribution in [0.15, 0.2) is 24.5 Å². The number of rotatable bonds is 1. The summed E-state index contributed by atoms with van der Waals surface area (Å²) in [6, 6.07) is 4.63. The molecule has 2 fully saturated rings. The van der Waals surface area contributed by atoms with Crippen molar-refractivity contribution >= 4 is 16.7 Å². The van der Waals surface area contributed by atoms with Crippen molar-refractivity contribution < 1.29 is 13.2 Å². The Balaban J connectivity index is 1.70. The Bertz CT molecular complexity index is 695. The van der Waals surface area contributed by atoms with Crippen molar-refractivity contribution in [2.24, 2.45) is 5.41 Å². The average molecular weight is 279 g/mol. The lowest BCUT2D eigenvalue weighted by Gasteiger charge is -2.60. The van der Waals surface area contributed by atoms with Gasteiger partial charge < -0.3 is 4.90 Å². The number of fused-ring (bicyclic) bond motifs is 1. The Kier molecular flexibility index (Phi) is 2.16. The zero-order valence-electron chi connectivity index (χ0n) is 10.6. The van der Waals surface area contributed by atoms with Gasteiger partial charge in [0.05, 0.1) is 5.41 Å². The Morgan fingerprint density at radius 1 is 1.10 bits per heavy atom. The molecule has 0 bridgehead atoms. The van der Waals surface area contributed by atoms with Crippen LogP contribution in [0.3, 0.4) is 0 Å². The molecule has 0 radical (unpaired) electrons. The summed E-state index contributed by atoms with van der Waals surface area (Å²) in [4.78, 5) is 9.85. The van der Waals surface area contributed by atoms with Crippen molar-refractivity contribution in [3.63, 3.8) is 0 Å². The van der Waals surface area contributed by atoms with E-state index in [1.807, 2.05) is 0 Å². The van der Waals surface area contributed by atoms with E-state index < -0.39 is 17.2 Å². The fraction of sp³-hybridized carbons (Fsp3) is 0.429. The van der Waals surface area contributed by atoms with Gasteiger partial charge >= 0.3 is 0 Å². The van der Waals surface area contributed by atoms with Gasteiger partial charge in [-0.15, -0.1) is 0 Å². The van der Waals surface area contributed by atoms with Gasteiger partial charge in [0.2, 0.25) is 0 Å². The quantitative estimate of drug-likeness (QED) is 0.803. The number of halogens is 3. The molecule has 2 heterocycles. The Labute approximate surface area is 113 Å². The molecule has 20 heavy (non-hydrogen) atoms. The molecular weight excluding hydrogens is 267 g/mol. The van der Waals surface area contributed by atoms with Gasteiger partial charge in [-0.1, -0.05) is 6.07 Å². The van der Waals surface area contributed by atoms with Gasteiger partial charge in [0.15, 0.2) is 0 Å². The molecule has 0 N–H and O–H groups in total. The molecule has 2 aromatic rings. The molecule has 1 aromatic heterocycles. The molecule has 1 aliphatic carbocycles. The van der Waals surface area contributed by atoms with Gasteiger partial charge in [-0.3, -0.25) is 0 Å². The fourth-order valence-corrected chi connectivity index (χ4v) is 3.18. The Hall–Kier alpha value is -1.85. The smallest absolute Gasteiger partial charge is 0.257 e. The lowest BCUT2D eigenvalue weighted by Crippen LogP contribution is -2.70. The lowest BCUT2D eigenvalue weighted by molar-refractivity contribution is -0.212. The maximum absolute atomic E-state index is 13.7. The molecule has 0 amide bonds. The van der Waals surface area contributed by atoms with Crippen molar-refractivity contribution in [3.8, 4) is 0 Å². The average Bonchev–Trinajstić information content (AvgIpc) is 2.37. The predicted molar refractivity (Wildman–Crippen MR) is 68.3 cm³/mol. The third-order valence-corrected chi connectivity index (χ3v) is 4.57. The summed E-state index contributed by atoms with van der Waals surface area (Å²) in [5.74, 6) is -2.45. The number of alkyl halides is 2. The molecule has 1 spiro atoms. The first-order valence-corrected chi connectivity index (χ1v) is 6.54. The van der Waals surface area contributed by atoms with E-state index in [2.05, 4.69) is 9.97 Å². The Morgan fingerprint density at radius 2 is 1.90 bits per heavy atom. The zero-order chi connectivity index (χ0) is 14.0. The standard InChI is InChI=1S/C14H12F3N3/c15-10-3-1-2-9-11(10)18-8-19-12(9)20-6-13(7-20)4-5-14(13,16)17/h1-3,8H,4-7H2. The second-order valence-electron chi connectivity index (χ2n) is 5.67. The highest BCUT2D eigenvalue weighted by Crippen LogP contribution is 2.59. The van der Waals surface area contributed by atoms with Crippen LogP contribution in [0.4, 0.5) is 19.0 Å². The molecule has 2 aliphatic rings. The van der Waals surface area contributed by atoms with Crippen LogP contribution < -0.4 is 4.90 Å². The molecule has 0 unspecified atom stereocenters. The number of hydrogen-bond donors (Lipinski definition) is 0. The number of aromatic nitrogens is 2. The topological polar surface area (TPSA) is 29.0 Å². The molecule has 0 atom stereocenters. The molecule has 1 saturated carbocycles. The van der Waals surface area contributed by atoms with Crippen LogP contribution in [0.2, 0.25) is 0 Å². The molecule has 104 valence electrons. The van der Waals surface area contributed by atoms with Crippen LogP contribution in [-0.2, 0) is 0 Å². The van der Waals surface area contributed by atoms with Crippen LogP contribution in [0.1, 0.15) is 12.8 Å². The van der Waals surface area contributed by atoms with Gasteiger partial charge in [-0.2, -0.15) is 0 Å². The van der Waals surface area contributed by atoms with Gasteiger partial charge in [0, 0.05) is 24.9 Å². The first-order valence-electron chi connectivity index (χ1n) is 6.54. The van der Waals surface area contributed by atoms with E-state index >= 15 is 0 Å². The van der Waals surface area contributed by atoms with Gasteiger partial charge in [-0.05, 0) is 18.6 Å². The molecule has 1 saturated heterocycles. The van der Waals surface area contributed by atoms with E-state index in [0.29, 0.717) is 17.6 Å². The number of anilines is 1. The normalized spacial score (nSPS) is 22.6. The monoisotopic (exact) mass is 279 g/mol. The van der Waals surface area contributed by atoms with Gasteiger partial charge in [0.1, 0.15) is 23.5 Å². The van der Waals surface area contributed by atoms with Gasteiger partial charge in [-0.25, -0.2) is 23.1 Å². The van der Waals surface area contributed by atoms with Gasteiger partial charge in [0.25, 0.3) is 5.92 Å². The summed E-state index contributed by atoms with van der Waals surface area (Å²) in [5.41, 5.74) is -0.656. The number of benzene rings is 1. The number of hydrogen-bond acceptors (Lipinski definition) is 3. The summed E-state index contributed by atoms with van der Waals surface area (Å²) in [6.45, 7) is 0.561. The van der Waals surface area contributed by atoms with Crippen LogP contribution in [0, 0.1) is 11.2 Å². The fourth-order valence-electron chi connectivity index (χ4n) is 3.18. The predicted octanol–water partition coefficient (Wildman–Crippen LogP) is 3.00. The maximum atomic E-state index is 13.7. The summed E-state index contributed by atoms with van der Waals surface area (Å²) < 4.78 is 40.8. The van der Waals surface area contributed by atoms with Crippen molar-refractivity contribution in [2.45, 2.75) is 18.8 Å². The molecule has 1 aromatic carbocycles.